The van der Waals surface area contributed by atoms with E-state index in [1.165, 1.54) is 5.56 Å². The Morgan fingerprint density at radius 3 is 2.76 bits per heavy atom. The lowest BCUT2D eigenvalue weighted by atomic mass is 10.2. The Hall–Kier alpha value is -1.97. The zero-order valence-corrected chi connectivity index (χ0v) is 10.4. The Bertz CT molecular complexity index is 505. The molecule has 90 valence electrons. The Balaban J connectivity index is 2.05. The lowest BCUT2D eigenvalue weighted by Crippen LogP contribution is -2.00. The number of benzene rings is 1. The van der Waals surface area contributed by atoms with Gasteiger partial charge < -0.3 is 10.1 Å². The van der Waals surface area contributed by atoms with Crippen LogP contribution in [-0.2, 0) is 6.54 Å². The molecule has 0 aliphatic rings. The molecule has 0 bridgehead atoms. The van der Waals surface area contributed by atoms with Crippen molar-refractivity contribution in [2.24, 2.45) is 0 Å². The van der Waals surface area contributed by atoms with Gasteiger partial charge in [0.15, 0.2) is 0 Å². The van der Waals surface area contributed by atoms with E-state index in [2.05, 4.69) is 21.6 Å². The predicted octanol–water partition coefficient (Wildman–Crippen LogP) is 2.65. The molecule has 2 rings (SSSR count). The second kappa shape index (κ2) is 4.91. The topological polar surface area (TPSA) is 49.9 Å². The number of nitrogens with one attached hydrogen (secondary N) is 2. The molecule has 1 aromatic heterocycles. The first-order valence-corrected chi connectivity index (χ1v) is 5.58. The van der Waals surface area contributed by atoms with Gasteiger partial charge in [-0.1, -0.05) is 0 Å². The highest BCUT2D eigenvalue weighted by Crippen LogP contribution is 2.21. The molecule has 17 heavy (non-hydrogen) atoms. The van der Waals surface area contributed by atoms with E-state index in [0.29, 0.717) is 0 Å². The lowest BCUT2D eigenvalue weighted by molar-refractivity contribution is 0.412. The van der Waals surface area contributed by atoms with Crippen molar-refractivity contribution in [3.05, 3.63) is 41.2 Å². The molecule has 2 aromatic rings. The van der Waals surface area contributed by atoms with Crippen molar-refractivity contribution >= 4 is 5.69 Å². The number of ether oxygens (including phenoxy) is 1. The van der Waals surface area contributed by atoms with E-state index in [0.717, 1.165) is 29.2 Å². The Labute approximate surface area is 101 Å². The van der Waals surface area contributed by atoms with Gasteiger partial charge in [-0.25, -0.2) is 0 Å². The monoisotopic (exact) mass is 231 g/mol. The average Bonchev–Trinajstić information content (AvgIpc) is 2.72. The van der Waals surface area contributed by atoms with Crippen molar-refractivity contribution in [1.29, 1.82) is 0 Å². The molecule has 0 radical (unpaired) electrons. The number of anilines is 1. The van der Waals surface area contributed by atoms with Crippen LogP contribution in [-0.4, -0.2) is 17.3 Å². The number of aromatic nitrogens is 2. The molecule has 0 amide bonds. The molecule has 0 saturated carbocycles. The number of aromatic amines is 1. The number of aryl methyl sites for hydroxylation is 2. The molecule has 1 heterocycles. The van der Waals surface area contributed by atoms with Crippen molar-refractivity contribution in [3.63, 3.8) is 0 Å². The van der Waals surface area contributed by atoms with Crippen molar-refractivity contribution in [3.8, 4) is 5.75 Å². The van der Waals surface area contributed by atoms with Crippen LogP contribution in [0.5, 0.6) is 5.75 Å². The summed E-state index contributed by atoms with van der Waals surface area (Å²) in [4.78, 5) is 0. The quantitative estimate of drug-likeness (QED) is 0.850. The number of hydrogen-bond acceptors (Lipinski definition) is 3. The molecule has 2 N–H and O–H groups in total. The molecule has 0 atom stereocenters. The van der Waals surface area contributed by atoms with Crippen molar-refractivity contribution in [1.82, 2.24) is 10.2 Å². The van der Waals surface area contributed by atoms with E-state index in [1.54, 1.807) is 7.11 Å². The summed E-state index contributed by atoms with van der Waals surface area (Å²) in [5, 5.41) is 10.3. The molecule has 0 aliphatic carbocycles. The molecule has 4 heteroatoms. The minimum absolute atomic E-state index is 0.772. The fourth-order valence-electron chi connectivity index (χ4n) is 1.74. The van der Waals surface area contributed by atoms with Crippen LogP contribution in [0.2, 0.25) is 0 Å². The molecular weight excluding hydrogens is 214 g/mol. The first-order chi connectivity index (χ1) is 8.20. The highest BCUT2D eigenvalue weighted by atomic mass is 16.5. The van der Waals surface area contributed by atoms with Gasteiger partial charge in [-0.15, -0.1) is 0 Å². The molecule has 4 nitrogen and oxygen atoms in total. The SMILES string of the molecule is COc1ccc(NCc2cn[nH]c2C)cc1C. The van der Waals surface area contributed by atoms with Gasteiger partial charge in [0.25, 0.3) is 0 Å². The summed E-state index contributed by atoms with van der Waals surface area (Å²) < 4.78 is 5.23. The molecule has 0 unspecified atom stereocenters. The Kier molecular flexibility index (Phi) is 3.32. The smallest absolute Gasteiger partial charge is 0.121 e. The highest BCUT2D eigenvalue weighted by Gasteiger charge is 2.02. The fraction of sp³-hybridized carbons (Fsp3) is 0.308. The third-order valence-electron chi connectivity index (χ3n) is 2.81. The van der Waals surface area contributed by atoms with Gasteiger partial charge in [0.05, 0.1) is 13.3 Å². The van der Waals surface area contributed by atoms with Crippen LogP contribution in [0.15, 0.2) is 24.4 Å². The molecule has 0 saturated heterocycles. The third-order valence-corrected chi connectivity index (χ3v) is 2.81. The van der Waals surface area contributed by atoms with E-state index in [4.69, 9.17) is 4.74 Å². The van der Waals surface area contributed by atoms with Crippen LogP contribution in [0, 0.1) is 13.8 Å². The maximum Gasteiger partial charge on any atom is 0.121 e. The summed E-state index contributed by atoms with van der Waals surface area (Å²) in [7, 11) is 1.68. The van der Waals surface area contributed by atoms with Crippen LogP contribution in [0.3, 0.4) is 0 Å². The summed E-state index contributed by atoms with van der Waals surface area (Å²) in [5.41, 5.74) is 4.49. The number of methoxy groups -OCH3 is 1. The molecule has 0 spiro atoms. The molecule has 0 fully saturated rings. The number of H-pyrrole nitrogens is 1. The van der Waals surface area contributed by atoms with Gasteiger partial charge in [-0.05, 0) is 37.6 Å². The first kappa shape index (κ1) is 11.5. The van der Waals surface area contributed by atoms with E-state index < -0.39 is 0 Å². The largest absolute Gasteiger partial charge is 0.496 e. The van der Waals surface area contributed by atoms with Crippen LogP contribution in [0.25, 0.3) is 0 Å². The summed E-state index contributed by atoms with van der Waals surface area (Å²) in [5.74, 6) is 0.912. The Morgan fingerprint density at radius 2 is 2.18 bits per heavy atom. The van der Waals surface area contributed by atoms with E-state index in [9.17, 15) is 0 Å². The van der Waals surface area contributed by atoms with Crippen LogP contribution in [0.1, 0.15) is 16.8 Å². The van der Waals surface area contributed by atoms with Crippen LogP contribution < -0.4 is 10.1 Å². The van der Waals surface area contributed by atoms with E-state index in [1.807, 2.05) is 32.2 Å². The second-order valence-corrected chi connectivity index (χ2v) is 4.06. The van der Waals surface area contributed by atoms with Gasteiger partial charge in [0, 0.05) is 23.5 Å². The molecular formula is C13H17N3O. The molecule has 1 aromatic carbocycles. The zero-order chi connectivity index (χ0) is 12.3. The fourth-order valence-corrected chi connectivity index (χ4v) is 1.74. The zero-order valence-electron chi connectivity index (χ0n) is 10.4. The van der Waals surface area contributed by atoms with Gasteiger partial charge in [-0.3, -0.25) is 5.10 Å². The minimum Gasteiger partial charge on any atom is -0.496 e. The van der Waals surface area contributed by atoms with Crippen molar-refractivity contribution in [2.75, 3.05) is 12.4 Å². The van der Waals surface area contributed by atoms with Gasteiger partial charge in [0.1, 0.15) is 5.75 Å². The maximum atomic E-state index is 5.23. The summed E-state index contributed by atoms with van der Waals surface area (Å²) in [6, 6.07) is 6.06. The summed E-state index contributed by atoms with van der Waals surface area (Å²) >= 11 is 0. The van der Waals surface area contributed by atoms with Gasteiger partial charge in [0.2, 0.25) is 0 Å². The summed E-state index contributed by atoms with van der Waals surface area (Å²) in [6.45, 7) is 4.82. The predicted molar refractivity (Wildman–Crippen MR) is 68.4 cm³/mol. The van der Waals surface area contributed by atoms with E-state index in [-0.39, 0.29) is 0 Å². The first-order valence-electron chi connectivity index (χ1n) is 5.58. The third kappa shape index (κ3) is 2.58. The van der Waals surface area contributed by atoms with E-state index >= 15 is 0 Å². The van der Waals surface area contributed by atoms with Crippen molar-refractivity contribution < 1.29 is 4.74 Å². The van der Waals surface area contributed by atoms with Gasteiger partial charge >= 0.3 is 0 Å². The number of nitrogens with zero attached hydrogens (tertiary/aromatic N) is 1. The summed E-state index contributed by atoms with van der Waals surface area (Å²) in [6.07, 6.45) is 1.85. The van der Waals surface area contributed by atoms with Crippen LogP contribution in [0.4, 0.5) is 5.69 Å². The normalized spacial score (nSPS) is 10.3. The lowest BCUT2D eigenvalue weighted by Gasteiger charge is -2.09. The number of hydrogen-bond donors (Lipinski definition) is 2. The van der Waals surface area contributed by atoms with Crippen LogP contribution >= 0.6 is 0 Å². The highest BCUT2D eigenvalue weighted by molar-refractivity contribution is 5.51. The Morgan fingerprint density at radius 1 is 1.35 bits per heavy atom. The maximum absolute atomic E-state index is 5.23. The van der Waals surface area contributed by atoms with Gasteiger partial charge in [-0.2, -0.15) is 5.10 Å². The molecule has 0 aliphatic heterocycles. The minimum atomic E-state index is 0.772. The standard InChI is InChI=1S/C13H17N3O/c1-9-6-12(4-5-13(9)17-3)14-7-11-8-15-16-10(11)2/h4-6,8,14H,7H2,1-3H3,(H,15,16). The second-order valence-electron chi connectivity index (χ2n) is 4.06. The number of rotatable bonds is 4. The average molecular weight is 231 g/mol. The van der Waals surface area contributed by atoms with Crippen molar-refractivity contribution in [2.45, 2.75) is 20.4 Å².